The second-order valence-electron chi connectivity index (χ2n) is 4.60. The second-order valence-corrected chi connectivity index (χ2v) is 5.45. The zero-order chi connectivity index (χ0) is 13.9. The number of benzene rings is 1. The molecule has 20 heavy (non-hydrogen) atoms. The standard InChI is InChI=1S/C15H15BrN2O2/c1-10-12(16)3-5-15(18-10)17-9-11-2-4-13-14(8-11)20-7-6-19-13/h2-5,8H,6-7,9H2,1H3,(H,17,18). The Balaban J connectivity index is 1.70. The van der Waals surface area contributed by atoms with Crippen molar-refractivity contribution < 1.29 is 9.47 Å². The van der Waals surface area contributed by atoms with Gasteiger partial charge in [0.2, 0.25) is 0 Å². The predicted octanol–water partition coefficient (Wildman–Crippen LogP) is 3.54. The fourth-order valence-corrected chi connectivity index (χ4v) is 2.25. The number of rotatable bonds is 3. The van der Waals surface area contributed by atoms with Crippen LogP contribution < -0.4 is 14.8 Å². The summed E-state index contributed by atoms with van der Waals surface area (Å²) in [6, 6.07) is 9.94. The van der Waals surface area contributed by atoms with E-state index < -0.39 is 0 Å². The minimum atomic E-state index is 0.608. The lowest BCUT2D eigenvalue weighted by atomic mass is 10.2. The fraction of sp³-hybridized carbons (Fsp3) is 0.267. The Labute approximate surface area is 126 Å². The van der Waals surface area contributed by atoms with Crippen LogP contribution in [0.5, 0.6) is 11.5 Å². The molecule has 0 saturated carbocycles. The van der Waals surface area contributed by atoms with Crippen molar-refractivity contribution in [2.45, 2.75) is 13.5 Å². The van der Waals surface area contributed by atoms with Gasteiger partial charge in [0.1, 0.15) is 19.0 Å². The lowest BCUT2D eigenvalue weighted by Gasteiger charge is -2.19. The van der Waals surface area contributed by atoms with Gasteiger partial charge in [0.15, 0.2) is 11.5 Å². The molecule has 0 aliphatic carbocycles. The molecular formula is C15H15BrN2O2. The lowest BCUT2D eigenvalue weighted by Crippen LogP contribution is -2.15. The van der Waals surface area contributed by atoms with Crippen molar-refractivity contribution in [3.8, 4) is 11.5 Å². The third kappa shape index (κ3) is 2.88. The average Bonchev–Trinajstić information content (AvgIpc) is 2.48. The smallest absolute Gasteiger partial charge is 0.161 e. The number of aryl methyl sites for hydroxylation is 1. The second kappa shape index (κ2) is 5.71. The minimum Gasteiger partial charge on any atom is -0.486 e. The third-order valence-electron chi connectivity index (χ3n) is 3.10. The topological polar surface area (TPSA) is 43.4 Å². The fourth-order valence-electron chi connectivity index (χ4n) is 2.03. The maximum absolute atomic E-state index is 5.58. The van der Waals surface area contributed by atoms with Crippen LogP contribution in [0.1, 0.15) is 11.3 Å². The van der Waals surface area contributed by atoms with Crippen molar-refractivity contribution in [2.75, 3.05) is 18.5 Å². The Kier molecular flexibility index (Phi) is 3.78. The molecule has 4 nitrogen and oxygen atoms in total. The molecule has 104 valence electrons. The number of hydrogen-bond donors (Lipinski definition) is 1. The lowest BCUT2D eigenvalue weighted by molar-refractivity contribution is 0.171. The molecule has 0 radical (unpaired) electrons. The molecule has 0 spiro atoms. The minimum absolute atomic E-state index is 0.608. The first-order valence-corrected chi connectivity index (χ1v) is 7.27. The number of nitrogens with zero attached hydrogens (tertiary/aromatic N) is 1. The van der Waals surface area contributed by atoms with E-state index in [9.17, 15) is 0 Å². The van der Waals surface area contributed by atoms with Crippen molar-refractivity contribution in [2.24, 2.45) is 0 Å². The van der Waals surface area contributed by atoms with Crippen LogP contribution in [0.15, 0.2) is 34.8 Å². The van der Waals surface area contributed by atoms with Crippen LogP contribution in [0.3, 0.4) is 0 Å². The quantitative estimate of drug-likeness (QED) is 0.932. The summed E-state index contributed by atoms with van der Waals surface area (Å²) < 4.78 is 12.1. The molecule has 3 rings (SSSR count). The van der Waals surface area contributed by atoms with Gasteiger partial charge >= 0.3 is 0 Å². The van der Waals surface area contributed by atoms with Crippen LogP contribution in [0, 0.1) is 6.92 Å². The van der Waals surface area contributed by atoms with E-state index in [-0.39, 0.29) is 0 Å². The van der Waals surface area contributed by atoms with Crippen LogP contribution >= 0.6 is 15.9 Å². The first-order valence-electron chi connectivity index (χ1n) is 6.48. The van der Waals surface area contributed by atoms with Crippen LogP contribution in [-0.4, -0.2) is 18.2 Å². The van der Waals surface area contributed by atoms with Crippen LogP contribution in [0.25, 0.3) is 0 Å². The Morgan fingerprint density at radius 2 is 1.95 bits per heavy atom. The molecule has 0 saturated heterocycles. The molecule has 5 heteroatoms. The van der Waals surface area contributed by atoms with E-state index in [4.69, 9.17) is 9.47 Å². The van der Waals surface area contributed by atoms with Crippen molar-refractivity contribution in [3.63, 3.8) is 0 Å². The van der Waals surface area contributed by atoms with Gasteiger partial charge in [-0.25, -0.2) is 4.98 Å². The molecule has 0 amide bonds. The largest absolute Gasteiger partial charge is 0.486 e. The normalized spacial score (nSPS) is 13.1. The van der Waals surface area contributed by atoms with E-state index in [0.717, 1.165) is 33.0 Å². The molecule has 1 aliphatic rings. The van der Waals surface area contributed by atoms with Crippen molar-refractivity contribution in [3.05, 3.63) is 46.1 Å². The summed E-state index contributed by atoms with van der Waals surface area (Å²) in [5.41, 5.74) is 2.11. The summed E-state index contributed by atoms with van der Waals surface area (Å²) >= 11 is 3.45. The summed E-state index contributed by atoms with van der Waals surface area (Å²) in [5, 5.41) is 3.31. The number of ether oxygens (including phenoxy) is 2. The molecule has 0 atom stereocenters. The number of hydrogen-bond acceptors (Lipinski definition) is 4. The third-order valence-corrected chi connectivity index (χ3v) is 3.94. The van der Waals surface area contributed by atoms with E-state index in [1.807, 2.05) is 37.3 Å². The van der Waals surface area contributed by atoms with Gasteiger partial charge < -0.3 is 14.8 Å². The van der Waals surface area contributed by atoms with Crippen LogP contribution in [0.2, 0.25) is 0 Å². The molecule has 2 aromatic rings. The van der Waals surface area contributed by atoms with Gasteiger partial charge in [-0.05, 0) is 52.7 Å². The molecule has 0 unspecified atom stereocenters. The molecule has 1 aliphatic heterocycles. The number of aromatic nitrogens is 1. The first-order chi connectivity index (χ1) is 9.72. The van der Waals surface area contributed by atoms with Gasteiger partial charge in [-0.15, -0.1) is 0 Å². The maximum atomic E-state index is 5.58. The van der Waals surface area contributed by atoms with Crippen molar-refractivity contribution in [1.82, 2.24) is 4.98 Å². The van der Waals surface area contributed by atoms with E-state index in [0.29, 0.717) is 19.8 Å². The summed E-state index contributed by atoms with van der Waals surface area (Å²) in [4.78, 5) is 4.46. The summed E-state index contributed by atoms with van der Waals surface area (Å²) in [6.45, 7) is 3.90. The summed E-state index contributed by atoms with van der Waals surface area (Å²) in [5.74, 6) is 2.49. The maximum Gasteiger partial charge on any atom is 0.161 e. The Hall–Kier alpha value is -1.75. The van der Waals surface area contributed by atoms with Gasteiger partial charge in [0.05, 0.1) is 5.69 Å². The number of pyridine rings is 1. The number of halogens is 1. The van der Waals surface area contributed by atoms with Crippen LogP contribution in [0.4, 0.5) is 5.82 Å². The molecule has 1 N–H and O–H groups in total. The van der Waals surface area contributed by atoms with Gasteiger partial charge in [0, 0.05) is 11.0 Å². The van der Waals surface area contributed by atoms with Gasteiger partial charge in [-0.2, -0.15) is 0 Å². The zero-order valence-corrected chi connectivity index (χ0v) is 12.7. The predicted molar refractivity (Wildman–Crippen MR) is 81.4 cm³/mol. The molecule has 0 fully saturated rings. The molecule has 1 aromatic carbocycles. The van der Waals surface area contributed by atoms with Crippen LogP contribution in [-0.2, 0) is 6.54 Å². The molecule has 1 aromatic heterocycles. The highest BCUT2D eigenvalue weighted by Crippen LogP contribution is 2.30. The summed E-state index contributed by atoms with van der Waals surface area (Å²) in [6.07, 6.45) is 0. The number of fused-ring (bicyclic) bond motifs is 1. The average molecular weight is 335 g/mol. The van der Waals surface area contributed by atoms with Gasteiger partial charge in [-0.3, -0.25) is 0 Å². The first kappa shape index (κ1) is 13.2. The van der Waals surface area contributed by atoms with Crippen molar-refractivity contribution in [1.29, 1.82) is 0 Å². The van der Waals surface area contributed by atoms with E-state index in [2.05, 4.69) is 26.2 Å². The SMILES string of the molecule is Cc1nc(NCc2ccc3c(c2)OCCO3)ccc1Br. The Morgan fingerprint density at radius 3 is 2.75 bits per heavy atom. The summed E-state index contributed by atoms with van der Waals surface area (Å²) in [7, 11) is 0. The highest BCUT2D eigenvalue weighted by molar-refractivity contribution is 9.10. The Bertz CT molecular complexity index is 631. The van der Waals surface area contributed by atoms with Gasteiger partial charge in [-0.1, -0.05) is 6.07 Å². The molecule has 2 heterocycles. The number of anilines is 1. The number of nitrogens with one attached hydrogen (secondary N) is 1. The van der Waals surface area contributed by atoms with E-state index in [1.165, 1.54) is 0 Å². The highest BCUT2D eigenvalue weighted by atomic mass is 79.9. The Morgan fingerprint density at radius 1 is 1.15 bits per heavy atom. The molecular weight excluding hydrogens is 320 g/mol. The highest BCUT2D eigenvalue weighted by Gasteiger charge is 2.11. The zero-order valence-electron chi connectivity index (χ0n) is 11.1. The van der Waals surface area contributed by atoms with Crippen molar-refractivity contribution >= 4 is 21.7 Å². The monoisotopic (exact) mass is 334 g/mol. The molecule has 0 bridgehead atoms. The van der Waals surface area contributed by atoms with Gasteiger partial charge in [0.25, 0.3) is 0 Å². The van der Waals surface area contributed by atoms with E-state index in [1.54, 1.807) is 0 Å². The van der Waals surface area contributed by atoms with E-state index >= 15 is 0 Å².